The molecule has 0 aliphatic rings. The van der Waals surface area contributed by atoms with Gasteiger partial charge in [0.15, 0.2) is 6.10 Å². The largest absolute Gasteiger partial charge is 0.449 e. The number of rotatable bonds is 5. The average molecular weight is 395 g/mol. The van der Waals surface area contributed by atoms with E-state index >= 15 is 0 Å². The highest BCUT2D eigenvalue weighted by Crippen LogP contribution is 2.20. The Morgan fingerprint density at radius 2 is 1.42 bits per heavy atom. The van der Waals surface area contributed by atoms with Crippen LogP contribution in [0.3, 0.4) is 0 Å². The van der Waals surface area contributed by atoms with E-state index in [1.165, 1.54) is 32.0 Å². The first-order valence-electron chi connectivity index (χ1n) is 7.60. The normalized spacial score (nSPS) is 11.4. The molecule has 0 aliphatic heterocycles. The quantitative estimate of drug-likeness (QED) is 0.746. The molecule has 136 valence electrons. The molecular weight excluding hydrogens is 379 g/mol. The number of hydrogen-bond acceptors (Lipinski definition) is 4. The SMILES string of the molecule is CC(=O)Nc1ccc(NC(=O)[C@H](C)OC(=O)c2cc(Cl)cc(Cl)c2)cc1. The third-order valence-corrected chi connectivity index (χ3v) is 3.66. The van der Waals surface area contributed by atoms with E-state index in [1.807, 2.05) is 0 Å². The summed E-state index contributed by atoms with van der Waals surface area (Å²) in [4.78, 5) is 35.3. The number of ether oxygens (including phenoxy) is 1. The molecule has 2 amide bonds. The Hall–Kier alpha value is -2.57. The van der Waals surface area contributed by atoms with E-state index in [0.717, 1.165) is 0 Å². The minimum atomic E-state index is -1.03. The van der Waals surface area contributed by atoms with Crippen molar-refractivity contribution in [3.63, 3.8) is 0 Å². The molecule has 0 unspecified atom stereocenters. The number of esters is 1. The van der Waals surface area contributed by atoms with E-state index in [1.54, 1.807) is 24.3 Å². The Balaban J connectivity index is 1.96. The van der Waals surface area contributed by atoms with E-state index < -0.39 is 18.0 Å². The first-order chi connectivity index (χ1) is 12.2. The average Bonchev–Trinajstić information content (AvgIpc) is 2.55. The number of nitrogens with one attached hydrogen (secondary N) is 2. The van der Waals surface area contributed by atoms with Gasteiger partial charge in [0.1, 0.15) is 0 Å². The lowest BCUT2D eigenvalue weighted by atomic mass is 10.2. The van der Waals surface area contributed by atoms with Crippen LogP contribution in [0, 0.1) is 0 Å². The van der Waals surface area contributed by atoms with Crippen LogP contribution < -0.4 is 10.6 Å². The Kier molecular flexibility index (Phi) is 6.60. The summed E-state index contributed by atoms with van der Waals surface area (Å²) in [5.41, 5.74) is 1.26. The Bertz CT molecular complexity index is 817. The second-order valence-electron chi connectivity index (χ2n) is 5.45. The fourth-order valence-corrected chi connectivity index (χ4v) is 2.56. The van der Waals surface area contributed by atoms with Crippen molar-refractivity contribution in [2.24, 2.45) is 0 Å². The maximum Gasteiger partial charge on any atom is 0.339 e. The summed E-state index contributed by atoms with van der Waals surface area (Å²) in [6.45, 7) is 2.85. The smallest absolute Gasteiger partial charge is 0.339 e. The second-order valence-corrected chi connectivity index (χ2v) is 6.33. The van der Waals surface area contributed by atoms with Gasteiger partial charge in [-0.2, -0.15) is 0 Å². The summed E-state index contributed by atoms with van der Waals surface area (Å²) in [6.07, 6.45) is -1.03. The van der Waals surface area contributed by atoms with Gasteiger partial charge in [0.25, 0.3) is 5.91 Å². The van der Waals surface area contributed by atoms with Gasteiger partial charge >= 0.3 is 5.97 Å². The van der Waals surface area contributed by atoms with Crippen LogP contribution >= 0.6 is 23.2 Å². The van der Waals surface area contributed by atoms with Crippen LogP contribution in [0.5, 0.6) is 0 Å². The maximum atomic E-state index is 12.2. The molecule has 6 nitrogen and oxygen atoms in total. The van der Waals surface area contributed by atoms with Crippen molar-refractivity contribution >= 4 is 52.4 Å². The molecule has 0 saturated carbocycles. The standard InChI is InChI=1S/C18H16Cl2N2O4/c1-10(26-18(25)12-7-13(19)9-14(20)8-12)17(24)22-16-5-3-15(4-6-16)21-11(2)23/h3-10H,1-2H3,(H,21,23)(H,22,24)/t10-/m0/s1. The minimum Gasteiger partial charge on any atom is -0.449 e. The lowest BCUT2D eigenvalue weighted by molar-refractivity contribution is -0.123. The summed E-state index contributed by atoms with van der Waals surface area (Å²) in [6, 6.07) is 10.8. The van der Waals surface area contributed by atoms with Crippen LogP contribution in [-0.4, -0.2) is 23.9 Å². The molecule has 2 aromatic carbocycles. The molecular formula is C18H16Cl2N2O4. The summed E-state index contributed by atoms with van der Waals surface area (Å²) < 4.78 is 5.13. The Morgan fingerprint density at radius 3 is 1.92 bits per heavy atom. The van der Waals surface area contributed by atoms with E-state index in [4.69, 9.17) is 27.9 Å². The molecule has 0 spiro atoms. The van der Waals surface area contributed by atoms with E-state index in [-0.39, 0.29) is 11.5 Å². The molecule has 0 heterocycles. The van der Waals surface area contributed by atoms with Gasteiger partial charge in [-0.3, -0.25) is 9.59 Å². The van der Waals surface area contributed by atoms with Crippen molar-refractivity contribution in [2.45, 2.75) is 20.0 Å². The lowest BCUT2D eigenvalue weighted by Gasteiger charge is -2.14. The molecule has 0 radical (unpaired) electrons. The monoisotopic (exact) mass is 394 g/mol. The van der Waals surface area contributed by atoms with Crippen LogP contribution in [0.2, 0.25) is 10.0 Å². The zero-order chi connectivity index (χ0) is 19.3. The zero-order valence-corrected chi connectivity index (χ0v) is 15.5. The predicted molar refractivity (Wildman–Crippen MR) is 101 cm³/mol. The summed E-state index contributed by atoms with van der Waals surface area (Å²) in [5, 5.41) is 5.82. The van der Waals surface area contributed by atoms with Crippen molar-refractivity contribution in [3.8, 4) is 0 Å². The van der Waals surface area contributed by atoms with Gasteiger partial charge in [0.2, 0.25) is 5.91 Å². The first-order valence-corrected chi connectivity index (χ1v) is 8.36. The van der Waals surface area contributed by atoms with Crippen molar-refractivity contribution in [1.29, 1.82) is 0 Å². The molecule has 2 rings (SSSR count). The highest BCUT2D eigenvalue weighted by atomic mass is 35.5. The number of benzene rings is 2. The first kappa shape index (κ1) is 19.8. The molecule has 26 heavy (non-hydrogen) atoms. The fraction of sp³-hybridized carbons (Fsp3) is 0.167. The van der Waals surface area contributed by atoms with Crippen molar-refractivity contribution < 1.29 is 19.1 Å². The van der Waals surface area contributed by atoms with Crippen molar-refractivity contribution in [1.82, 2.24) is 0 Å². The van der Waals surface area contributed by atoms with E-state index in [0.29, 0.717) is 21.4 Å². The van der Waals surface area contributed by atoms with Crippen LogP contribution in [0.4, 0.5) is 11.4 Å². The molecule has 2 aromatic rings. The molecule has 0 saturated heterocycles. The van der Waals surface area contributed by atoms with Crippen LogP contribution in [0.25, 0.3) is 0 Å². The van der Waals surface area contributed by atoms with Crippen LogP contribution in [0.15, 0.2) is 42.5 Å². The number of carbonyl (C=O) groups excluding carboxylic acids is 3. The highest BCUT2D eigenvalue weighted by molar-refractivity contribution is 6.35. The zero-order valence-electron chi connectivity index (χ0n) is 14.0. The van der Waals surface area contributed by atoms with Crippen molar-refractivity contribution in [3.05, 3.63) is 58.1 Å². The summed E-state index contributed by atoms with van der Waals surface area (Å²) in [5.74, 6) is -1.40. The third-order valence-electron chi connectivity index (χ3n) is 3.22. The van der Waals surface area contributed by atoms with Gasteiger partial charge in [-0.05, 0) is 49.4 Å². The number of halogens is 2. The van der Waals surface area contributed by atoms with Gasteiger partial charge in [0.05, 0.1) is 5.56 Å². The molecule has 0 bridgehead atoms. The number of carbonyl (C=O) groups is 3. The Morgan fingerprint density at radius 1 is 0.923 bits per heavy atom. The predicted octanol–water partition coefficient (Wildman–Crippen LogP) is 4.14. The number of amides is 2. The second kappa shape index (κ2) is 8.69. The molecule has 0 aliphatic carbocycles. The third kappa shape index (κ3) is 5.75. The highest BCUT2D eigenvalue weighted by Gasteiger charge is 2.19. The van der Waals surface area contributed by atoms with Crippen LogP contribution in [0.1, 0.15) is 24.2 Å². The van der Waals surface area contributed by atoms with Gasteiger partial charge in [0, 0.05) is 28.3 Å². The number of anilines is 2. The molecule has 2 N–H and O–H groups in total. The van der Waals surface area contributed by atoms with E-state index in [9.17, 15) is 14.4 Å². The minimum absolute atomic E-state index is 0.154. The van der Waals surface area contributed by atoms with Gasteiger partial charge in [-0.1, -0.05) is 23.2 Å². The van der Waals surface area contributed by atoms with Gasteiger partial charge in [-0.15, -0.1) is 0 Å². The van der Waals surface area contributed by atoms with Crippen LogP contribution in [-0.2, 0) is 14.3 Å². The lowest BCUT2D eigenvalue weighted by Crippen LogP contribution is -2.30. The molecule has 1 atom stereocenters. The maximum absolute atomic E-state index is 12.2. The molecule has 0 fully saturated rings. The Labute approximate surface area is 160 Å². The molecule has 8 heteroatoms. The summed E-state index contributed by atoms with van der Waals surface area (Å²) in [7, 11) is 0. The van der Waals surface area contributed by atoms with E-state index in [2.05, 4.69) is 10.6 Å². The molecule has 0 aromatic heterocycles. The fourth-order valence-electron chi connectivity index (χ4n) is 2.04. The topological polar surface area (TPSA) is 84.5 Å². The number of hydrogen-bond donors (Lipinski definition) is 2. The van der Waals surface area contributed by atoms with Gasteiger partial charge < -0.3 is 15.4 Å². The van der Waals surface area contributed by atoms with Crippen molar-refractivity contribution in [2.75, 3.05) is 10.6 Å². The van der Waals surface area contributed by atoms with Gasteiger partial charge in [-0.25, -0.2) is 4.79 Å². The summed E-state index contributed by atoms with van der Waals surface area (Å²) >= 11 is 11.7.